The van der Waals surface area contributed by atoms with Gasteiger partial charge in [-0.2, -0.15) is 0 Å². The van der Waals surface area contributed by atoms with Crippen LogP contribution < -0.4 is 0 Å². The molecule has 1 fully saturated rings. The summed E-state index contributed by atoms with van der Waals surface area (Å²) in [6, 6.07) is 22.2. The van der Waals surface area contributed by atoms with Crippen molar-refractivity contribution in [1.82, 2.24) is 14.8 Å². The Morgan fingerprint density at radius 3 is 2.44 bits per heavy atom. The van der Waals surface area contributed by atoms with E-state index in [2.05, 4.69) is 34.0 Å². The first kappa shape index (κ1) is 23.7. The van der Waals surface area contributed by atoms with Gasteiger partial charge in [0.15, 0.2) is 5.88 Å². The monoisotopic (exact) mass is 483 g/mol. The zero-order valence-corrected chi connectivity index (χ0v) is 20.2. The SMILES string of the molecule is CN1CCN(CCc2ccc(N=C(c3ccccc3)c3c(O)[nH]c4ccc([N+](=O)[O-])cc34)cc2)CC1. The van der Waals surface area contributed by atoms with Crippen molar-refractivity contribution in [3.63, 3.8) is 0 Å². The van der Waals surface area contributed by atoms with E-state index in [-0.39, 0.29) is 11.6 Å². The Morgan fingerprint density at radius 1 is 1.03 bits per heavy atom. The van der Waals surface area contributed by atoms with Crippen LogP contribution in [0.4, 0.5) is 11.4 Å². The van der Waals surface area contributed by atoms with Crippen molar-refractivity contribution in [2.24, 2.45) is 4.99 Å². The largest absolute Gasteiger partial charge is 0.494 e. The summed E-state index contributed by atoms with van der Waals surface area (Å²) >= 11 is 0. The number of benzene rings is 3. The van der Waals surface area contributed by atoms with Gasteiger partial charge < -0.3 is 19.9 Å². The molecule has 2 N–H and O–H groups in total. The van der Waals surface area contributed by atoms with Gasteiger partial charge in [0, 0.05) is 61.3 Å². The van der Waals surface area contributed by atoms with Gasteiger partial charge >= 0.3 is 0 Å². The molecular formula is C28H29N5O3. The highest BCUT2D eigenvalue weighted by Gasteiger charge is 2.21. The Bertz CT molecular complexity index is 1390. The van der Waals surface area contributed by atoms with Crippen molar-refractivity contribution in [3.05, 3.63) is 99.6 Å². The van der Waals surface area contributed by atoms with Crippen LogP contribution in [-0.2, 0) is 6.42 Å². The number of H-pyrrole nitrogens is 1. The van der Waals surface area contributed by atoms with Crippen molar-refractivity contribution < 1.29 is 10.0 Å². The van der Waals surface area contributed by atoms with Crippen LogP contribution in [0.25, 0.3) is 10.9 Å². The lowest BCUT2D eigenvalue weighted by atomic mass is 10.0. The fourth-order valence-corrected chi connectivity index (χ4v) is 4.60. The molecule has 0 amide bonds. The molecule has 1 aromatic heterocycles. The standard InChI is InChI=1S/C28H29N5O3/c1-31-15-17-32(18-16-31)14-13-20-7-9-22(10-8-20)29-27(21-5-3-2-4-6-21)26-24-19-23(33(35)36)11-12-25(24)30-28(26)34/h2-12,19,30,34H,13-18H2,1H3. The van der Waals surface area contributed by atoms with Gasteiger partial charge in [-0.25, -0.2) is 4.99 Å². The highest BCUT2D eigenvalue weighted by Crippen LogP contribution is 2.33. The summed E-state index contributed by atoms with van der Waals surface area (Å²) in [5.41, 5.74) is 4.36. The molecule has 1 aliphatic heterocycles. The molecule has 1 aliphatic rings. The van der Waals surface area contributed by atoms with E-state index in [1.54, 1.807) is 6.07 Å². The smallest absolute Gasteiger partial charge is 0.270 e. The van der Waals surface area contributed by atoms with Crippen LogP contribution in [0.5, 0.6) is 5.88 Å². The summed E-state index contributed by atoms with van der Waals surface area (Å²) in [4.78, 5) is 23.7. The Balaban J connectivity index is 1.47. The van der Waals surface area contributed by atoms with Crippen LogP contribution in [0.3, 0.4) is 0 Å². The number of nitrogens with zero attached hydrogens (tertiary/aromatic N) is 4. The summed E-state index contributed by atoms with van der Waals surface area (Å²) in [6.07, 6.45) is 0.978. The van der Waals surface area contributed by atoms with Gasteiger partial charge in [-0.15, -0.1) is 0 Å². The third-order valence-electron chi connectivity index (χ3n) is 6.75. The summed E-state index contributed by atoms with van der Waals surface area (Å²) < 4.78 is 0. The molecule has 0 atom stereocenters. The molecule has 0 unspecified atom stereocenters. The number of nitro benzene ring substituents is 1. The van der Waals surface area contributed by atoms with Crippen LogP contribution in [-0.4, -0.2) is 70.3 Å². The van der Waals surface area contributed by atoms with Gasteiger partial charge in [-0.05, 0) is 37.2 Å². The first-order valence-electron chi connectivity index (χ1n) is 12.1. The number of hydrogen-bond acceptors (Lipinski definition) is 6. The van der Waals surface area contributed by atoms with E-state index in [9.17, 15) is 15.2 Å². The van der Waals surface area contributed by atoms with Crippen molar-refractivity contribution in [2.45, 2.75) is 6.42 Å². The van der Waals surface area contributed by atoms with E-state index >= 15 is 0 Å². The molecule has 5 rings (SSSR count). The average molecular weight is 484 g/mol. The molecule has 1 saturated heterocycles. The van der Waals surface area contributed by atoms with Crippen molar-refractivity contribution in [2.75, 3.05) is 39.8 Å². The number of piperazine rings is 1. The van der Waals surface area contributed by atoms with E-state index in [1.165, 1.54) is 17.7 Å². The Hall–Kier alpha value is -4.01. The maximum absolute atomic E-state index is 11.4. The van der Waals surface area contributed by atoms with Crippen molar-refractivity contribution in [1.29, 1.82) is 0 Å². The van der Waals surface area contributed by atoms with Gasteiger partial charge in [0.05, 0.1) is 21.9 Å². The average Bonchev–Trinajstić information content (AvgIpc) is 3.23. The summed E-state index contributed by atoms with van der Waals surface area (Å²) in [7, 11) is 2.16. The number of aromatic hydroxyl groups is 1. The molecular weight excluding hydrogens is 454 g/mol. The van der Waals surface area contributed by atoms with Gasteiger partial charge in [0.2, 0.25) is 0 Å². The summed E-state index contributed by atoms with van der Waals surface area (Å²) in [5, 5.41) is 22.8. The first-order valence-corrected chi connectivity index (χ1v) is 12.1. The molecule has 0 spiro atoms. The summed E-state index contributed by atoms with van der Waals surface area (Å²) in [6.45, 7) is 5.46. The molecule has 8 nitrogen and oxygen atoms in total. The van der Waals surface area contributed by atoms with E-state index < -0.39 is 4.92 Å². The number of rotatable bonds is 7. The third kappa shape index (κ3) is 5.15. The second kappa shape index (κ2) is 10.3. The number of likely N-dealkylation sites (N-methyl/N-ethyl adjacent to an activating group) is 1. The highest BCUT2D eigenvalue weighted by atomic mass is 16.6. The van der Waals surface area contributed by atoms with Crippen molar-refractivity contribution >= 4 is 28.0 Å². The van der Waals surface area contributed by atoms with Gasteiger partial charge in [-0.3, -0.25) is 10.1 Å². The van der Waals surface area contributed by atoms with Crippen LogP contribution in [0, 0.1) is 10.1 Å². The maximum atomic E-state index is 11.4. The van der Waals surface area contributed by atoms with Crippen LogP contribution in [0.2, 0.25) is 0 Å². The summed E-state index contributed by atoms with van der Waals surface area (Å²) in [5.74, 6) is -0.0723. The topological polar surface area (TPSA) is 98.0 Å². The van der Waals surface area contributed by atoms with Crippen LogP contribution in [0.1, 0.15) is 16.7 Å². The zero-order chi connectivity index (χ0) is 25.1. The predicted octanol–water partition coefficient (Wildman–Crippen LogP) is 4.74. The first-order chi connectivity index (χ1) is 17.5. The molecule has 0 bridgehead atoms. The number of aromatic nitrogens is 1. The number of non-ortho nitro benzene ring substituents is 1. The fraction of sp³-hybridized carbons (Fsp3) is 0.250. The fourth-order valence-electron chi connectivity index (χ4n) is 4.60. The van der Waals surface area contributed by atoms with E-state index in [0.29, 0.717) is 22.2 Å². The second-order valence-corrected chi connectivity index (χ2v) is 9.22. The third-order valence-corrected chi connectivity index (χ3v) is 6.75. The number of hydrogen-bond donors (Lipinski definition) is 2. The van der Waals surface area contributed by atoms with Crippen LogP contribution >= 0.6 is 0 Å². The molecule has 0 aliphatic carbocycles. The Morgan fingerprint density at radius 2 is 1.75 bits per heavy atom. The number of aromatic amines is 1. The number of fused-ring (bicyclic) bond motifs is 1. The molecule has 3 aromatic carbocycles. The molecule has 0 saturated carbocycles. The molecule has 4 aromatic rings. The molecule has 36 heavy (non-hydrogen) atoms. The minimum atomic E-state index is -0.437. The Labute approximate surface area is 209 Å². The number of aliphatic imine (C=N–C) groups is 1. The predicted molar refractivity (Wildman–Crippen MR) is 142 cm³/mol. The van der Waals surface area contributed by atoms with E-state index in [0.717, 1.165) is 50.4 Å². The minimum Gasteiger partial charge on any atom is -0.494 e. The quantitative estimate of drug-likeness (QED) is 0.225. The zero-order valence-electron chi connectivity index (χ0n) is 20.2. The van der Waals surface area contributed by atoms with Gasteiger partial charge in [0.25, 0.3) is 5.69 Å². The van der Waals surface area contributed by atoms with Crippen LogP contribution in [0.15, 0.2) is 77.8 Å². The second-order valence-electron chi connectivity index (χ2n) is 9.22. The molecule has 2 heterocycles. The van der Waals surface area contributed by atoms with E-state index in [1.807, 2.05) is 42.5 Å². The lowest BCUT2D eigenvalue weighted by Crippen LogP contribution is -2.45. The van der Waals surface area contributed by atoms with Gasteiger partial charge in [0.1, 0.15) is 0 Å². The number of nitrogens with one attached hydrogen (secondary N) is 1. The molecule has 8 heteroatoms. The normalized spacial score (nSPS) is 15.4. The molecule has 0 radical (unpaired) electrons. The lowest BCUT2D eigenvalue weighted by Gasteiger charge is -2.32. The minimum absolute atomic E-state index is 0.0418. The van der Waals surface area contributed by atoms with Crippen molar-refractivity contribution in [3.8, 4) is 5.88 Å². The maximum Gasteiger partial charge on any atom is 0.270 e. The molecule has 184 valence electrons. The lowest BCUT2D eigenvalue weighted by molar-refractivity contribution is -0.384. The van der Waals surface area contributed by atoms with Gasteiger partial charge in [-0.1, -0.05) is 42.5 Å². The van der Waals surface area contributed by atoms with E-state index in [4.69, 9.17) is 4.99 Å². The number of nitro groups is 1. The highest BCUT2D eigenvalue weighted by molar-refractivity contribution is 6.22. The Kier molecular flexibility index (Phi) is 6.79.